The van der Waals surface area contributed by atoms with Crippen molar-refractivity contribution in [3.8, 4) is 0 Å². The smallest absolute Gasteiger partial charge is 0.220 e. The van der Waals surface area contributed by atoms with E-state index in [0.29, 0.717) is 19.6 Å². The first-order valence-corrected chi connectivity index (χ1v) is 7.66. The van der Waals surface area contributed by atoms with Crippen LogP contribution in [0.15, 0.2) is 24.3 Å². The van der Waals surface area contributed by atoms with Gasteiger partial charge in [-0.15, -0.1) is 0 Å². The molecule has 0 aliphatic rings. The normalized spacial score (nSPS) is 12.4. The van der Waals surface area contributed by atoms with Crippen molar-refractivity contribution in [1.82, 2.24) is 5.32 Å². The van der Waals surface area contributed by atoms with E-state index >= 15 is 0 Å². The maximum atomic E-state index is 13.0. The van der Waals surface area contributed by atoms with Crippen LogP contribution in [0, 0.1) is 5.82 Å². The average Bonchev–Trinajstić information content (AvgIpc) is 2.44. The fraction of sp³-hybridized carbons (Fsp3) is 0.588. The maximum Gasteiger partial charge on any atom is 0.220 e. The highest BCUT2D eigenvalue weighted by Crippen LogP contribution is 2.25. The molecule has 1 atom stereocenters. The number of carbonyl (C=O) groups is 1. The fourth-order valence-corrected chi connectivity index (χ4v) is 2.25. The molecule has 3 nitrogen and oxygen atoms in total. The zero-order chi connectivity index (χ0) is 15.7. The van der Waals surface area contributed by atoms with Crippen LogP contribution in [0.25, 0.3) is 0 Å². The third kappa shape index (κ3) is 7.23. The van der Waals surface area contributed by atoms with Crippen LogP contribution in [0.2, 0.25) is 0 Å². The second-order valence-corrected chi connectivity index (χ2v) is 5.51. The Labute approximate surface area is 126 Å². The molecular weight excluding hydrogens is 269 g/mol. The molecule has 0 saturated heterocycles. The quantitative estimate of drug-likeness (QED) is 0.706. The van der Waals surface area contributed by atoms with Gasteiger partial charge in [-0.05, 0) is 43.9 Å². The third-order valence-electron chi connectivity index (χ3n) is 3.29. The van der Waals surface area contributed by atoms with E-state index in [1.165, 1.54) is 12.1 Å². The Morgan fingerprint density at radius 2 is 1.95 bits per heavy atom. The molecule has 1 aromatic rings. The highest BCUT2D eigenvalue weighted by Gasteiger charge is 2.15. The predicted molar refractivity (Wildman–Crippen MR) is 82.8 cm³/mol. The molecule has 0 aliphatic carbocycles. The number of hydrogen-bond donors (Lipinski definition) is 1. The monoisotopic (exact) mass is 295 g/mol. The van der Waals surface area contributed by atoms with Crippen LogP contribution in [-0.4, -0.2) is 25.2 Å². The van der Waals surface area contributed by atoms with E-state index in [2.05, 4.69) is 12.2 Å². The highest BCUT2D eigenvalue weighted by atomic mass is 19.1. The zero-order valence-electron chi connectivity index (χ0n) is 13.2. The number of nitrogens with one attached hydrogen (secondary N) is 1. The van der Waals surface area contributed by atoms with E-state index in [1.807, 2.05) is 13.8 Å². The highest BCUT2D eigenvalue weighted by molar-refractivity contribution is 5.76. The molecule has 1 amide bonds. The van der Waals surface area contributed by atoms with Crippen molar-refractivity contribution in [3.63, 3.8) is 0 Å². The second kappa shape index (κ2) is 9.50. The summed E-state index contributed by atoms with van der Waals surface area (Å²) in [4.78, 5) is 12.0. The van der Waals surface area contributed by atoms with E-state index in [9.17, 15) is 9.18 Å². The third-order valence-corrected chi connectivity index (χ3v) is 3.29. The van der Waals surface area contributed by atoms with Crippen LogP contribution in [0.3, 0.4) is 0 Å². The van der Waals surface area contributed by atoms with Gasteiger partial charge in [0, 0.05) is 13.0 Å². The van der Waals surface area contributed by atoms with Crippen LogP contribution in [-0.2, 0) is 9.53 Å². The van der Waals surface area contributed by atoms with Gasteiger partial charge in [0.05, 0.1) is 12.7 Å². The van der Waals surface area contributed by atoms with Crippen molar-refractivity contribution in [2.45, 2.75) is 52.1 Å². The van der Waals surface area contributed by atoms with Crippen molar-refractivity contribution < 1.29 is 13.9 Å². The number of hydrogen-bond acceptors (Lipinski definition) is 2. The molecule has 1 rings (SSSR count). The Morgan fingerprint density at radius 3 is 2.52 bits per heavy atom. The molecule has 1 unspecified atom stereocenters. The molecule has 0 heterocycles. The topological polar surface area (TPSA) is 38.3 Å². The number of carbonyl (C=O) groups excluding carboxylic acids is 1. The summed E-state index contributed by atoms with van der Waals surface area (Å²) < 4.78 is 18.4. The molecule has 0 spiro atoms. The number of benzene rings is 1. The fourth-order valence-electron chi connectivity index (χ4n) is 2.25. The largest absolute Gasteiger partial charge is 0.377 e. The Balaban J connectivity index is 2.46. The van der Waals surface area contributed by atoms with Gasteiger partial charge in [-0.2, -0.15) is 0 Å². The number of amides is 1. The van der Waals surface area contributed by atoms with Gasteiger partial charge in [-0.3, -0.25) is 4.79 Å². The maximum absolute atomic E-state index is 13.0. The van der Waals surface area contributed by atoms with Gasteiger partial charge in [0.15, 0.2) is 0 Å². The molecule has 0 fully saturated rings. The van der Waals surface area contributed by atoms with Gasteiger partial charge in [-0.25, -0.2) is 4.39 Å². The molecule has 4 heteroatoms. The minimum Gasteiger partial charge on any atom is -0.377 e. The van der Waals surface area contributed by atoms with E-state index in [0.717, 1.165) is 18.4 Å². The minimum atomic E-state index is -0.246. The van der Waals surface area contributed by atoms with Crippen molar-refractivity contribution >= 4 is 5.91 Å². The van der Waals surface area contributed by atoms with Crippen LogP contribution >= 0.6 is 0 Å². The number of halogens is 1. The molecule has 0 aromatic heterocycles. The van der Waals surface area contributed by atoms with Crippen LogP contribution in [0.5, 0.6) is 0 Å². The molecule has 1 N–H and O–H groups in total. The van der Waals surface area contributed by atoms with Crippen molar-refractivity contribution in [1.29, 1.82) is 0 Å². The summed E-state index contributed by atoms with van der Waals surface area (Å²) in [6.07, 6.45) is 2.52. The van der Waals surface area contributed by atoms with Crippen LogP contribution in [0.4, 0.5) is 4.39 Å². The van der Waals surface area contributed by atoms with Gasteiger partial charge < -0.3 is 10.1 Å². The number of rotatable bonds is 9. The SMILES string of the molecule is CCCC(CC(=O)NCCOC(C)C)c1ccc(F)cc1. The van der Waals surface area contributed by atoms with E-state index < -0.39 is 0 Å². The van der Waals surface area contributed by atoms with Crippen LogP contribution in [0.1, 0.15) is 51.5 Å². The molecule has 0 radical (unpaired) electrons. The summed E-state index contributed by atoms with van der Waals surface area (Å²) in [5.74, 6) is -0.0870. The Morgan fingerprint density at radius 1 is 1.29 bits per heavy atom. The summed E-state index contributed by atoms with van der Waals surface area (Å²) in [6, 6.07) is 6.44. The van der Waals surface area contributed by atoms with E-state index in [1.54, 1.807) is 12.1 Å². The minimum absolute atomic E-state index is 0.0186. The van der Waals surface area contributed by atoms with Gasteiger partial charge in [0.1, 0.15) is 5.82 Å². The molecular formula is C17H26FNO2. The molecule has 0 saturated carbocycles. The molecule has 118 valence electrons. The van der Waals surface area contributed by atoms with Crippen molar-refractivity contribution in [2.75, 3.05) is 13.2 Å². The average molecular weight is 295 g/mol. The lowest BCUT2D eigenvalue weighted by atomic mass is 9.91. The Kier molecular flexibility index (Phi) is 7.98. The van der Waals surface area contributed by atoms with Gasteiger partial charge in [-0.1, -0.05) is 25.5 Å². The molecule has 0 bridgehead atoms. The lowest BCUT2D eigenvalue weighted by molar-refractivity contribution is -0.121. The number of ether oxygens (including phenoxy) is 1. The standard InChI is InChI=1S/C17H26FNO2/c1-4-5-15(14-6-8-16(18)9-7-14)12-17(20)19-10-11-21-13(2)3/h6-9,13,15H,4-5,10-12H2,1-3H3,(H,19,20). The Bertz CT molecular complexity index is 417. The molecule has 1 aromatic carbocycles. The first kappa shape index (κ1) is 17.6. The summed E-state index contributed by atoms with van der Waals surface area (Å²) in [5.41, 5.74) is 1.02. The predicted octanol–water partition coefficient (Wildman–Crippen LogP) is 3.64. The van der Waals surface area contributed by atoms with Gasteiger partial charge in [0.25, 0.3) is 0 Å². The molecule has 21 heavy (non-hydrogen) atoms. The first-order valence-electron chi connectivity index (χ1n) is 7.66. The first-order chi connectivity index (χ1) is 10.0. The van der Waals surface area contributed by atoms with Crippen molar-refractivity contribution in [3.05, 3.63) is 35.6 Å². The summed E-state index contributed by atoms with van der Waals surface area (Å²) >= 11 is 0. The van der Waals surface area contributed by atoms with Crippen LogP contribution < -0.4 is 5.32 Å². The van der Waals surface area contributed by atoms with Crippen molar-refractivity contribution in [2.24, 2.45) is 0 Å². The van der Waals surface area contributed by atoms with Gasteiger partial charge in [0.2, 0.25) is 5.91 Å². The Hall–Kier alpha value is -1.42. The van der Waals surface area contributed by atoms with E-state index in [4.69, 9.17) is 4.74 Å². The lowest BCUT2D eigenvalue weighted by Gasteiger charge is -2.16. The van der Waals surface area contributed by atoms with E-state index in [-0.39, 0.29) is 23.7 Å². The second-order valence-electron chi connectivity index (χ2n) is 5.51. The van der Waals surface area contributed by atoms with Gasteiger partial charge >= 0.3 is 0 Å². The zero-order valence-corrected chi connectivity index (χ0v) is 13.2. The summed E-state index contributed by atoms with van der Waals surface area (Å²) in [6.45, 7) is 7.07. The summed E-state index contributed by atoms with van der Waals surface area (Å²) in [7, 11) is 0. The lowest BCUT2D eigenvalue weighted by Crippen LogP contribution is -2.29. The molecule has 0 aliphatic heterocycles. The summed E-state index contributed by atoms with van der Waals surface area (Å²) in [5, 5.41) is 2.87.